The number of carboxylic acid groups (broad SMARTS) is 1. The van der Waals surface area contributed by atoms with Crippen LogP contribution in [0.2, 0.25) is 0 Å². The predicted octanol–water partition coefficient (Wildman–Crippen LogP) is 2.88. The van der Waals surface area contributed by atoms with Crippen LogP contribution in [0.3, 0.4) is 0 Å². The Hall–Kier alpha value is -2.26. The minimum absolute atomic E-state index is 0. The van der Waals surface area contributed by atoms with Gasteiger partial charge in [0, 0.05) is 31.2 Å². The average Bonchev–Trinajstić information content (AvgIpc) is 3.55. The number of fused-ring (bicyclic) bond motifs is 1. The number of nitrogens with one attached hydrogen (secondary N) is 1. The first-order valence-electron chi connectivity index (χ1n) is 12.3. The van der Waals surface area contributed by atoms with Gasteiger partial charge >= 0.3 is 35.5 Å². The Morgan fingerprint density at radius 2 is 2.17 bits per heavy atom. The zero-order chi connectivity index (χ0) is 23.3. The van der Waals surface area contributed by atoms with Gasteiger partial charge in [-0.25, -0.2) is 14.6 Å². The van der Waals surface area contributed by atoms with Gasteiger partial charge in [-0.05, 0) is 73.9 Å². The zero-order valence-corrected chi connectivity index (χ0v) is 19.4. The number of anilines is 1. The van der Waals surface area contributed by atoms with E-state index in [0.717, 1.165) is 68.9 Å². The first-order valence-corrected chi connectivity index (χ1v) is 12.3. The molecular weight excluding hydrogens is 451 g/mol. The van der Waals surface area contributed by atoms with Gasteiger partial charge in [-0.1, -0.05) is 18.2 Å². The molecule has 0 saturated carbocycles. The molecule has 2 aliphatic rings. The second-order valence-electron chi connectivity index (χ2n) is 9.52. The molecule has 2 aliphatic heterocycles. The quantitative estimate of drug-likeness (QED) is 0.451. The molecule has 2 N–H and O–H groups in total. The molecule has 5 rings (SSSR count). The number of rotatable bonds is 9. The number of benzene rings is 1. The summed E-state index contributed by atoms with van der Waals surface area (Å²) in [5, 5.41) is 17.2. The summed E-state index contributed by atoms with van der Waals surface area (Å²) in [7, 11) is 0. The summed E-state index contributed by atoms with van der Waals surface area (Å²) in [5.41, 5.74) is 4.43. The minimum atomic E-state index is -0.765. The molecule has 2 atom stereocenters. The molecule has 1 fully saturated rings. The number of aromatic nitrogens is 4. The molecule has 9 heteroatoms. The maximum atomic E-state index is 11.6. The molecule has 4 heterocycles. The third-order valence-electron chi connectivity index (χ3n) is 7.06. The Morgan fingerprint density at radius 1 is 1.26 bits per heavy atom. The molecule has 2 aromatic heterocycles. The van der Waals surface area contributed by atoms with E-state index in [-0.39, 0.29) is 41.9 Å². The Morgan fingerprint density at radius 3 is 3.00 bits per heavy atom. The Bertz CT molecular complexity index is 1120. The third kappa shape index (κ3) is 6.70. The van der Waals surface area contributed by atoms with Crippen molar-refractivity contribution in [2.75, 3.05) is 31.5 Å². The summed E-state index contributed by atoms with van der Waals surface area (Å²) >= 11 is 0. The van der Waals surface area contributed by atoms with Gasteiger partial charge in [-0.3, -0.25) is 4.79 Å². The Balaban J connectivity index is 0.00000289. The number of hydrogen-bond donors (Lipinski definition) is 2. The van der Waals surface area contributed by atoms with E-state index in [0.29, 0.717) is 5.92 Å². The molecule has 1 saturated heterocycles. The third-order valence-corrected chi connectivity index (χ3v) is 7.06. The Kier molecular flexibility index (Phi) is 8.94. The van der Waals surface area contributed by atoms with Crippen LogP contribution >= 0.6 is 0 Å². The van der Waals surface area contributed by atoms with E-state index < -0.39 is 5.97 Å². The number of aryl methyl sites for hydroxylation is 2. The topological polar surface area (TPSA) is 96.2 Å². The van der Waals surface area contributed by atoms with Gasteiger partial charge in [-0.15, -0.1) is 0 Å². The second-order valence-corrected chi connectivity index (χ2v) is 9.52. The number of hydrogen-bond acceptors (Lipinski definition) is 6. The maximum absolute atomic E-state index is 11.6. The van der Waals surface area contributed by atoms with Gasteiger partial charge in [0.1, 0.15) is 18.5 Å². The molecule has 1 aromatic carbocycles. The molecule has 0 amide bonds. The average molecular weight is 485 g/mol. The summed E-state index contributed by atoms with van der Waals surface area (Å²) in [5.74, 6) is 0.867. The van der Waals surface area contributed by atoms with Crippen LogP contribution in [0.25, 0.3) is 5.69 Å². The molecule has 35 heavy (non-hydrogen) atoms. The monoisotopic (exact) mass is 484 g/mol. The molecular formula is C26H33N6NaO2. The standard InChI is InChI=1S/C26H32N6O2.Na.H/c33-25(34)14-22(21-3-1-5-24(13-21)32-18-27-17-29-32)16-31-12-10-19(15-31)6-8-23-9-7-20-4-2-11-28-26(20)30-23;;/h1,3,5,7,9,13,17-19,22H,2,4,6,8,10-12,14-16H2,(H,28,30)(H,33,34);;. The van der Waals surface area contributed by atoms with Crippen molar-refractivity contribution in [3.63, 3.8) is 0 Å². The van der Waals surface area contributed by atoms with Crippen LogP contribution in [0.1, 0.15) is 48.4 Å². The van der Waals surface area contributed by atoms with Crippen LogP contribution in [0.15, 0.2) is 49.1 Å². The van der Waals surface area contributed by atoms with E-state index in [2.05, 4.69) is 32.4 Å². The number of aliphatic carboxylic acids is 1. The van der Waals surface area contributed by atoms with Crippen molar-refractivity contribution in [1.29, 1.82) is 0 Å². The summed E-state index contributed by atoms with van der Waals surface area (Å²) in [6.07, 6.45) is 8.84. The number of carboxylic acids is 1. The van der Waals surface area contributed by atoms with Crippen molar-refractivity contribution in [2.45, 2.75) is 44.4 Å². The summed E-state index contributed by atoms with van der Waals surface area (Å²) in [6, 6.07) is 12.4. The van der Waals surface area contributed by atoms with Crippen LogP contribution in [-0.2, 0) is 17.6 Å². The molecule has 3 aromatic rings. The van der Waals surface area contributed by atoms with Gasteiger partial charge in [0.25, 0.3) is 0 Å². The summed E-state index contributed by atoms with van der Waals surface area (Å²) in [6.45, 7) is 3.80. The van der Waals surface area contributed by atoms with E-state index in [1.807, 2.05) is 24.3 Å². The van der Waals surface area contributed by atoms with Gasteiger partial charge in [0.05, 0.1) is 12.1 Å². The van der Waals surface area contributed by atoms with Crippen molar-refractivity contribution in [3.8, 4) is 5.69 Å². The van der Waals surface area contributed by atoms with E-state index in [1.54, 1.807) is 11.0 Å². The van der Waals surface area contributed by atoms with Gasteiger partial charge in [0.2, 0.25) is 0 Å². The molecule has 0 spiro atoms. The van der Waals surface area contributed by atoms with Crippen LogP contribution < -0.4 is 5.32 Å². The first-order chi connectivity index (χ1) is 16.6. The summed E-state index contributed by atoms with van der Waals surface area (Å²) in [4.78, 5) is 22.9. The molecule has 0 radical (unpaired) electrons. The molecule has 2 unspecified atom stereocenters. The van der Waals surface area contributed by atoms with E-state index in [9.17, 15) is 9.90 Å². The number of likely N-dealkylation sites (tertiary alicyclic amines) is 1. The number of pyridine rings is 1. The summed E-state index contributed by atoms with van der Waals surface area (Å²) < 4.78 is 1.71. The van der Waals surface area contributed by atoms with Crippen molar-refractivity contribution < 1.29 is 9.90 Å². The molecule has 180 valence electrons. The van der Waals surface area contributed by atoms with Crippen LogP contribution in [-0.4, -0.2) is 91.5 Å². The fourth-order valence-corrected chi connectivity index (χ4v) is 5.25. The fraction of sp³-hybridized carbons (Fsp3) is 0.462. The molecule has 0 aliphatic carbocycles. The number of carbonyl (C=O) groups is 1. The van der Waals surface area contributed by atoms with Gasteiger partial charge in [0.15, 0.2) is 0 Å². The van der Waals surface area contributed by atoms with Crippen molar-refractivity contribution in [1.82, 2.24) is 24.6 Å². The number of nitrogens with zero attached hydrogens (tertiary/aromatic N) is 5. The van der Waals surface area contributed by atoms with E-state index in [1.165, 1.54) is 24.0 Å². The van der Waals surface area contributed by atoms with Crippen LogP contribution in [0, 0.1) is 5.92 Å². The van der Waals surface area contributed by atoms with Gasteiger partial charge < -0.3 is 15.3 Å². The van der Waals surface area contributed by atoms with Crippen molar-refractivity contribution in [2.24, 2.45) is 5.92 Å². The zero-order valence-electron chi connectivity index (χ0n) is 19.4. The van der Waals surface area contributed by atoms with Crippen LogP contribution in [0.5, 0.6) is 0 Å². The van der Waals surface area contributed by atoms with E-state index in [4.69, 9.17) is 4.98 Å². The van der Waals surface area contributed by atoms with Gasteiger partial charge in [-0.2, -0.15) is 5.10 Å². The van der Waals surface area contributed by atoms with Crippen molar-refractivity contribution >= 4 is 41.3 Å². The molecule has 8 nitrogen and oxygen atoms in total. The predicted molar refractivity (Wildman–Crippen MR) is 137 cm³/mol. The normalized spacial score (nSPS) is 18.3. The van der Waals surface area contributed by atoms with Crippen molar-refractivity contribution in [3.05, 3.63) is 65.9 Å². The molecule has 0 bridgehead atoms. The second kappa shape index (κ2) is 12.1. The Labute approximate surface area is 228 Å². The fourth-order valence-electron chi connectivity index (χ4n) is 5.25. The first kappa shape index (κ1) is 25.8. The van der Waals surface area contributed by atoms with Crippen LogP contribution in [0.4, 0.5) is 5.82 Å². The SMILES string of the molecule is O=C(O)CC(CN1CCC(CCc2ccc3c(n2)NCCC3)C1)c1cccc(-n2cncn2)c1.[NaH]. The van der Waals surface area contributed by atoms with E-state index >= 15 is 0 Å².